The molecule has 332 valence electrons. The summed E-state index contributed by atoms with van der Waals surface area (Å²) in [6.07, 6.45) is 1.10. The van der Waals surface area contributed by atoms with Crippen molar-refractivity contribution in [2.45, 2.75) is 23.1 Å². The van der Waals surface area contributed by atoms with Gasteiger partial charge in [-0.1, -0.05) is 59.9 Å². The molecule has 0 fully saturated rings. The number of nitrogens with zero attached hydrogens (tertiary/aromatic N) is 9. The van der Waals surface area contributed by atoms with Gasteiger partial charge in [-0.25, -0.2) is 4.98 Å². The molecular formula is C40H31N9O12S4. The molecule has 5 N–H and O–H groups in total. The lowest BCUT2D eigenvalue weighted by Gasteiger charge is -2.11. The van der Waals surface area contributed by atoms with Gasteiger partial charge in [0.2, 0.25) is 11.0 Å². The molecule has 65 heavy (non-hydrogen) atoms. The second-order valence-electron chi connectivity index (χ2n) is 13.9. The Balaban J connectivity index is 1.10. The van der Waals surface area contributed by atoms with E-state index in [4.69, 9.17) is 4.74 Å². The summed E-state index contributed by atoms with van der Waals surface area (Å²) in [5.41, 5.74) is 0.689. The number of para-hydroxylation sites is 1. The number of rotatable bonds is 14. The molecule has 21 nitrogen and oxygen atoms in total. The molecule has 0 amide bonds. The maximum absolute atomic E-state index is 12.8. The first kappa shape index (κ1) is 44.5. The molecule has 8 rings (SSSR count). The van der Waals surface area contributed by atoms with E-state index < -0.39 is 57.5 Å². The van der Waals surface area contributed by atoms with Gasteiger partial charge in [0.1, 0.15) is 38.1 Å². The third-order valence-corrected chi connectivity index (χ3v) is 13.1. The minimum atomic E-state index is -5.02. The Morgan fingerprint density at radius 3 is 2.12 bits per heavy atom. The summed E-state index contributed by atoms with van der Waals surface area (Å²) in [5, 5.41) is 52.8. The molecule has 0 aliphatic heterocycles. The van der Waals surface area contributed by atoms with Crippen molar-refractivity contribution in [2.24, 2.45) is 30.7 Å². The molecule has 0 saturated heterocycles. The Bertz CT molecular complexity index is 3640. The van der Waals surface area contributed by atoms with Gasteiger partial charge in [0.05, 0.1) is 34.6 Å². The van der Waals surface area contributed by atoms with E-state index in [1.165, 1.54) is 59.4 Å². The van der Waals surface area contributed by atoms with Crippen LogP contribution < -0.4 is 4.74 Å². The highest BCUT2D eigenvalue weighted by molar-refractivity contribution is 7.86. The van der Waals surface area contributed by atoms with Crippen LogP contribution in [0.3, 0.4) is 0 Å². The van der Waals surface area contributed by atoms with E-state index in [1.807, 2.05) is 30.3 Å². The van der Waals surface area contributed by atoms with Crippen LogP contribution in [0.5, 0.6) is 17.4 Å². The van der Waals surface area contributed by atoms with Crippen molar-refractivity contribution in [3.05, 3.63) is 109 Å². The molecule has 25 heteroatoms. The third kappa shape index (κ3) is 9.55. The molecule has 0 unspecified atom stereocenters. The average molecular weight is 958 g/mol. The molecule has 2 aromatic heterocycles. The first-order valence-corrected chi connectivity index (χ1v) is 24.0. The standard InChI is InChI=1S/C40H31N9O12S4/c1-22-19-30(33(61-17-6-18-63(52,53)54)20-29(22)45-48-40-42-36-34(62-40)11-5-12-35(36)64(55,56)57)46-43-27-15-14-26-25(37(27)50)13-16-28(38(26)65(58,59)60)44-47-31-21-41-49(39(31)51)32-10-4-8-23-7-2-3-9-24(23)32/h2-5,7-16,19-21,50-51H,6,17-18H2,1H3,(H,52,53,54)(H,55,56,57)(H,58,59,60). The summed E-state index contributed by atoms with van der Waals surface area (Å²) in [6.45, 7) is 1.42. The highest BCUT2D eigenvalue weighted by Crippen LogP contribution is 2.44. The van der Waals surface area contributed by atoms with E-state index in [9.17, 15) is 49.1 Å². The number of hydrogen-bond acceptors (Lipinski definition) is 18. The van der Waals surface area contributed by atoms with Gasteiger partial charge in [0.15, 0.2) is 11.4 Å². The molecular weight excluding hydrogens is 927 g/mol. The lowest BCUT2D eigenvalue weighted by molar-refractivity contribution is 0.317. The normalized spacial score (nSPS) is 12.8. The second kappa shape index (κ2) is 17.4. The predicted molar refractivity (Wildman–Crippen MR) is 238 cm³/mol. The van der Waals surface area contributed by atoms with Gasteiger partial charge in [-0.15, -0.1) is 30.7 Å². The predicted octanol–water partition coefficient (Wildman–Crippen LogP) is 9.90. The summed E-state index contributed by atoms with van der Waals surface area (Å²) in [6, 6.07) is 25.0. The molecule has 0 aliphatic rings. The first-order valence-electron chi connectivity index (χ1n) is 18.7. The van der Waals surface area contributed by atoms with Crippen LogP contribution in [0.25, 0.3) is 37.4 Å². The number of aromatic hydroxyl groups is 2. The van der Waals surface area contributed by atoms with E-state index in [1.54, 1.807) is 25.1 Å². The van der Waals surface area contributed by atoms with E-state index in [0.29, 0.717) is 16.0 Å². The van der Waals surface area contributed by atoms with Crippen molar-refractivity contribution in [2.75, 3.05) is 12.4 Å². The number of fused-ring (bicyclic) bond motifs is 3. The first-order chi connectivity index (χ1) is 30.9. The monoisotopic (exact) mass is 957 g/mol. The molecule has 2 heterocycles. The third-order valence-electron chi connectivity index (χ3n) is 9.56. The average Bonchev–Trinajstić information content (AvgIpc) is 3.85. The second-order valence-corrected chi connectivity index (χ2v) is 19.3. The molecule has 0 aliphatic carbocycles. The van der Waals surface area contributed by atoms with Crippen molar-refractivity contribution in [1.29, 1.82) is 0 Å². The Hall–Kier alpha value is -7.13. The number of azo groups is 3. The fourth-order valence-corrected chi connectivity index (χ4v) is 9.45. The highest BCUT2D eigenvalue weighted by atomic mass is 32.2. The summed E-state index contributed by atoms with van der Waals surface area (Å²) in [5.74, 6) is -1.53. The summed E-state index contributed by atoms with van der Waals surface area (Å²) in [7, 11) is -13.9. The van der Waals surface area contributed by atoms with Crippen LogP contribution in [0, 0.1) is 6.92 Å². The highest BCUT2D eigenvalue weighted by Gasteiger charge is 2.23. The van der Waals surface area contributed by atoms with Crippen molar-refractivity contribution < 1.29 is 53.9 Å². The zero-order chi connectivity index (χ0) is 46.3. The van der Waals surface area contributed by atoms with Crippen molar-refractivity contribution in [3.63, 3.8) is 0 Å². The molecule has 8 aromatic rings. The number of aryl methyl sites for hydroxylation is 1. The molecule has 6 aromatic carbocycles. The van der Waals surface area contributed by atoms with Crippen molar-refractivity contribution in [1.82, 2.24) is 14.8 Å². The summed E-state index contributed by atoms with van der Waals surface area (Å²) in [4.78, 5) is 3.08. The number of aromatic nitrogens is 3. The fourth-order valence-electron chi connectivity index (χ4n) is 6.60. The van der Waals surface area contributed by atoms with Crippen molar-refractivity contribution in [3.8, 4) is 23.1 Å². The summed E-state index contributed by atoms with van der Waals surface area (Å²) >= 11 is 1.01. The Labute approximate surface area is 372 Å². The maximum Gasteiger partial charge on any atom is 0.297 e. The Kier molecular flexibility index (Phi) is 11.9. The molecule has 0 bridgehead atoms. The molecule has 0 spiro atoms. The van der Waals surface area contributed by atoms with Gasteiger partial charge in [-0.2, -0.15) is 35.0 Å². The van der Waals surface area contributed by atoms with Gasteiger partial charge in [0.25, 0.3) is 30.4 Å². The number of phenols is 1. The zero-order valence-electron chi connectivity index (χ0n) is 33.2. The SMILES string of the molecule is Cc1cc(N=Nc2ccc3c(S(=O)(=O)O)c(N=Nc4cnn(-c5cccc6ccccc56)c4O)ccc3c2O)c(OCCCS(=O)(=O)O)cc1N=Nc1nc2c(S(=O)(=O)O)cccc2s1. The van der Waals surface area contributed by atoms with Crippen LogP contribution in [0.1, 0.15) is 12.0 Å². The number of benzene rings is 6. The van der Waals surface area contributed by atoms with Crippen LogP contribution in [0.4, 0.5) is 33.6 Å². The van der Waals surface area contributed by atoms with Crippen LogP contribution in [0.15, 0.2) is 144 Å². The molecule has 0 radical (unpaired) electrons. The van der Waals surface area contributed by atoms with Crippen LogP contribution in [0.2, 0.25) is 0 Å². The molecule has 0 saturated carbocycles. The van der Waals surface area contributed by atoms with Gasteiger partial charge in [-0.05, 0) is 66.8 Å². The van der Waals surface area contributed by atoms with E-state index >= 15 is 0 Å². The van der Waals surface area contributed by atoms with Crippen LogP contribution in [-0.4, -0.2) is 76.2 Å². The van der Waals surface area contributed by atoms with Crippen LogP contribution in [-0.2, 0) is 30.4 Å². The smallest absolute Gasteiger partial charge is 0.297 e. The Morgan fingerprint density at radius 1 is 0.677 bits per heavy atom. The van der Waals surface area contributed by atoms with E-state index in [2.05, 4.69) is 40.8 Å². The van der Waals surface area contributed by atoms with Gasteiger partial charge >= 0.3 is 0 Å². The largest absolute Gasteiger partial charge is 0.505 e. The molecule has 0 atom stereocenters. The van der Waals surface area contributed by atoms with E-state index in [0.717, 1.165) is 22.1 Å². The number of phenolic OH excluding ortho intramolecular Hbond substituents is 1. The van der Waals surface area contributed by atoms with Gasteiger partial charge in [-0.3, -0.25) is 13.7 Å². The number of thiazole rings is 1. The number of ether oxygens (including phenoxy) is 1. The Morgan fingerprint density at radius 2 is 1.35 bits per heavy atom. The van der Waals surface area contributed by atoms with Gasteiger partial charge in [0, 0.05) is 22.2 Å². The maximum atomic E-state index is 12.8. The topological polar surface area (TPSA) is 318 Å². The lowest BCUT2D eigenvalue weighted by Crippen LogP contribution is -2.08. The minimum Gasteiger partial charge on any atom is -0.505 e. The van der Waals surface area contributed by atoms with Gasteiger partial charge < -0.3 is 14.9 Å². The number of hydrogen-bond donors (Lipinski definition) is 5. The van der Waals surface area contributed by atoms with Crippen LogP contribution >= 0.6 is 11.3 Å². The van der Waals surface area contributed by atoms with Crippen molar-refractivity contribution >= 4 is 107 Å². The fraction of sp³-hybridized carbons (Fsp3) is 0.100. The zero-order valence-corrected chi connectivity index (χ0v) is 36.5. The lowest BCUT2D eigenvalue weighted by atomic mass is 10.1. The minimum absolute atomic E-state index is 0.000167. The quantitative estimate of drug-likeness (QED) is 0.0385. The van der Waals surface area contributed by atoms with E-state index in [-0.39, 0.29) is 68.6 Å². The summed E-state index contributed by atoms with van der Waals surface area (Å²) < 4.78 is 109.